The number of anilines is 1. The number of carbonyl (C=O) groups is 2. The van der Waals surface area contributed by atoms with E-state index in [9.17, 15) is 9.59 Å². The zero-order valence-electron chi connectivity index (χ0n) is 8.48. The van der Waals surface area contributed by atoms with E-state index in [-0.39, 0.29) is 16.8 Å². The molecule has 1 rings (SSSR count). The summed E-state index contributed by atoms with van der Waals surface area (Å²) in [6, 6.07) is 4.39. The van der Waals surface area contributed by atoms with Gasteiger partial charge in [-0.2, -0.15) is 0 Å². The van der Waals surface area contributed by atoms with Gasteiger partial charge in [-0.3, -0.25) is 0 Å². The number of carboxylic acids is 1. The van der Waals surface area contributed by atoms with E-state index in [1.54, 1.807) is 0 Å². The van der Waals surface area contributed by atoms with Gasteiger partial charge in [0.05, 0.1) is 18.4 Å². The number of para-hydroxylation sites is 1. The molecule has 0 radical (unpaired) electrons. The predicted molar refractivity (Wildman–Crippen MR) is 56.7 cm³/mol. The van der Waals surface area contributed by atoms with Gasteiger partial charge in [-0.15, -0.1) is 0 Å². The smallest absolute Gasteiger partial charge is 0.384 e. The quantitative estimate of drug-likeness (QED) is 0.407. The number of nitrogens with two attached hydrogens (primary N) is 1. The Morgan fingerprint density at radius 3 is 2.69 bits per heavy atom. The number of hydrogen-bond acceptors (Lipinski definition) is 4. The lowest BCUT2D eigenvalue weighted by atomic mass is 10.1. The highest BCUT2D eigenvalue weighted by Gasteiger charge is 2.09. The third-order valence-electron chi connectivity index (χ3n) is 1.82. The Kier molecular flexibility index (Phi) is 3.51. The van der Waals surface area contributed by atoms with Crippen molar-refractivity contribution in [1.29, 1.82) is 0 Å². The van der Waals surface area contributed by atoms with Crippen LogP contribution in [0.15, 0.2) is 18.2 Å². The van der Waals surface area contributed by atoms with Crippen molar-refractivity contribution in [3.05, 3.63) is 29.3 Å². The number of carboxylic acid groups (broad SMARTS) is 1. The summed E-state index contributed by atoms with van der Waals surface area (Å²) >= 11 is 0. The number of esters is 1. The van der Waals surface area contributed by atoms with E-state index in [1.165, 1.54) is 25.3 Å². The molecule has 1 aromatic rings. The van der Waals surface area contributed by atoms with Crippen molar-refractivity contribution in [2.24, 2.45) is 0 Å². The molecule has 0 heterocycles. The summed E-state index contributed by atoms with van der Waals surface area (Å²) < 4.78 is 4.32. The summed E-state index contributed by atoms with van der Waals surface area (Å²) in [6.07, 6.45) is 0. The maximum atomic E-state index is 10.8. The molecule has 3 N–H and O–H groups in total. The zero-order chi connectivity index (χ0) is 12.1. The van der Waals surface area contributed by atoms with Gasteiger partial charge in [0.15, 0.2) is 0 Å². The van der Waals surface area contributed by atoms with Gasteiger partial charge in [-0.25, -0.2) is 9.59 Å². The van der Waals surface area contributed by atoms with E-state index in [1.807, 2.05) is 0 Å². The Hall–Kier alpha value is -2.48. The van der Waals surface area contributed by atoms with Crippen LogP contribution < -0.4 is 5.73 Å². The van der Waals surface area contributed by atoms with Gasteiger partial charge >= 0.3 is 11.9 Å². The van der Waals surface area contributed by atoms with Crippen LogP contribution >= 0.6 is 0 Å². The van der Waals surface area contributed by atoms with Crippen LogP contribution in [0.4, 0.5) is 5.69 Å². The van der Waals surface area contributed by atoms with Crippen LogP contribution in [-0.4, -0.2) is 24.2 Å². The molecule has 0 saturated heterocycles. The van der Waals surface area contributed by atoms with Crippen molar-refractivity contribution in [3.63, 3.8) is 0 Å². The zero-order valence-corrected chi connectivity index (χ0v) is 8.48. The Bertz CT molecular complexity index is 496. The van der Waals surface area contributed by atoms with Crippen LogP contribution in [0.5, 0.6) is 0 Å². The molecule has 0 aliphatic carbocycles. The molecule has 0 aliphatic rings. The minimum absolute atomic E-state index is 0.0337. The van der Waals surface area contributed by atoms with Gasteiger partial charge in [0.1, 0.15) is 0 Å². The lowest BCUT2D eigenvalue weighted by molar-refractivity contribution is -0.133. The van der Waals surface area contributed by atoms with Gasteiger partial charge in [-0.05, 0) is 12.1 Å². The van der Waals surface area contributed by atoms with E-state index in [0.29, 0.717) is 0 Å². The highest BCUT2D eigenvalue weighted by Crippen LogP contribution is 2.16. The predicted octanol–water partition coefficient (Wildman–Crippen LogP) is 0.492. The fraction of sp³-hybridized carbons (Fsp3) is 0.0909. The summed E-state index contributed by atoms with van der Waals surface area (Å²) in [5, 5.41) is 8.79. The van der Waals surface area contributed by atoms with E-state index in [2.05, 4.69) is 16.6 Å². The Balaban J connectivity index is 3.15. The lowest BCUT2D eigenvalue weighted by Crippen LogP contribution is -2.04. The molecule has 82 valence electrons. The second-order valence-electron chi connectivity index (χ2n) is 2.81. The van der Waals surface area contributed by atoms with E-state index in [0.717, 1.165) is 0 Å². The Morgan fingerprint density at radius 1 is 1.44 bits per heavy atom. The van der Waals surface area contributed by atoms with Crippen LogP contribution in [-0.2, 0) is 9.53 Å². The summed E-state index contributed by atoms with van der Waals surface area (Å²) in [6.45, 7) is 0. The van der Waals surface area contributed by atoms with Crippen LogP contribution in [0.2, 0.25) is 0 Å². The molecule has 0 aliphatic heterocycles. The highest BCUT2D eigenvalue weighted by atomic mass is 16.5. The van der Waals surface area contributed by atoms with E-state index >= 15 is 0 Å². The second-order valence-corrected chi connectivity index (χ2v) is 2.81. The number of hydrogen-bond donors (Lipinski definition) is 2. The molecule has 0 atom stereocenters. The Morgan fingerprint density at radius 2 is 2.12 bits per heavy atom. The molecular formula is C11H9NO4. The lowest BCUT2D eigenvalue weighted by Gasteiger charge is -2.01. The molecule has 0 bridgehead atoms. The monoisotopic (exact) mass is 219 g/mol. The number of rotatable bonds is 1. The van der Waals surface area contributed by atoms with E-state index in [4.69, 9.17) is 10.8 Å². The Labute approximate surface area is 91.8 Å². The van der Waals surface area contributed by atoms with Crippen molar-refractivity contribution < 1.29 is 19.4 Å². The first-order valence-electron chi connectivity index (χ1n) is 4.28. The number of ether oxygens (including phenoxy) is 1. The molecule has 0 unspecified atom stereocenters. The first kappa shape index (κ1) is 11.6. The molecule has 5 nitrogen and oxygen atoms in total. The third-order valence-corrected chi connectivity index (χ3v) is 1.82. The van der Waals surface area contributed by atoms with Crippen LogP contribution in [0.25, 0.3) is 0 Å². The summed E-state index contributed by atoms with van der Waals surface area (Å²) in [5.74, 6) is 2.77. The number of nitrogen functional groups attached to an aromatic ring is 1. The normalized spacial score (nSPS) is 8.81. The molecule has 5 heteroatoms. The van der Waals surface area contributed by atoms with Crippen molar-refractivity contribution in [1.82, 2.24) is 0 Å². The number of carbonyl (C=O) groups excluding carboxylic acids is 1. The standard InChI is InChI=1S/C11H9NO4/c1-16-9(13)6-5-7-3-2-4-8(10(7)12)11(14)15/h2-4H,12H2,1H3,(H,14,15). The summed E-state index contributed by atoms with van der Waals surface area (Å²) in [4.78, 5) is 21.5. The van der Waals surface area contributed by atoms with Crippen molar-refractivity contribution >= 4 is 17.6 Å². The average Bonchev–Trinajstić information content (AvgIpc) is 2.26. The molecule has 0 amide bonds. The fourth-order valence-corrected chi connectivity index (χ4v) is 1.03. The van der Waals surface area contributed by atoms with Gasteiger partial charge in [-0.1, -0.05) is 12.0 Å². The average molecular weight is 219 g/mol. The molecule has 0 spiro atoms. The van der Waals surface area contributed by atoms with Crippen LogP contribution in [0.1, 0.15) is 15.9 Å². The van der Waals surface area contributed by atoms with Crippen molar-refractivity contribution in [3.8, 4) is 11.8 Å². The van der Waals surface area contributed by atoms with E-state index < -0.39 is 11.9 Å². The minimum Gasteiger partial charge on any atom is -0.478 e. The number of methoxy groups -OCH3 is 1. The molecule has 1 aromatic carbocycles. The first-order chi connectivity index (χ1) is 7.56. The van der Waals surface area contributed by atoms with Gasteiger partial charge in [0.25, 0.3) is 0 Å². The summed E-state index contributed by atoms with van der Waals surface area (Å²) in [7, 11) is 1.20. The first-order valence-corrected chi connectivity index (χ1v) is 4.28. The number of benzene rings is 1. The summed E-state index contributed by atoms with van der Waals surface area (Å²) in [5.41, 5.74) is 5.85. The van der Waals surface area contributed by atoms with Crippen LogP contribution in [0.3, 0.4) is 0 Å². The molecule has 16 heavy (non-hydrogen) atoms. The van der Waals surface area contributed by atoms with Gasteiger partial charge in [0, 0.05) is 11.5 Å². The molecule has 0 aromatic heterocycles. The minimum atomic E-state index is -1.14. The maximum absolute atomic E-state index is 10.8. The largest absolute Gasteiger partial charge is 0.478 e. The van der Waals surface area contributed by atoms with Crippen LogP contribution in [0, 0.1) is 11.8 Å². The topological polar surface area (TPSA) is 89.6 Å². The fourth-order valence-electron chi connectivity index (χ4n) is 1.03. The SMILES string of the molecule is COC(=O)C#Cc1cccc(C(=O)O)c1N. The van der Waals surface area contributed by atoms with Crippen molar-refractivity contribution in [2.45, 2.75) is 0 Å². The van der Waals surface area contributed by atoms with Crippen molar-refractivity contribution in [2.75, 3.05) is 12.8 Å². The van der Waals surface area contributed by atoms with Gasteiger partial charge in [0.2, 0.25) is 0 Å². The third kappa shape index (κ3) is 2.51. The molecular weight excluding hydrogens is 210 g/mol. The number of aromatic carboxylic acids is 1. The molecule has 0 saturated carbocycles. The highest BCUT2D eigenvalue weighted by molar-refractivity contribution is 5.96. The van der Waals surface area contributed by atoms with Gasteiger partial charge < -0.3 is 15.6 Å². The second kappa shape index (κ2) is 4.84. The molecule has 0 fully saturated rings. The maximum Gasteiger partial charge on any atom is 0.384 e.